The molecule has 2 aromatic rings. The number of nitrogens with zero attached hydrogens (tertiary/aromatic N) is 1. The quantitative estimate of drug-likeness (QED) is 0.855. The van der Waals surface area contributed by atoms with Crippen molar-refractivity contribution in [2.75, 3.05) is 6.54 Å². The van der Waals surface area contributed by atoms with Crippen LogP contribution in [0.5, 0.6) is 0 Å². The van der Waals surface area contributed by atoms with Gasteiger partial charge in [0.25, 0.3) is 0 Å². The molecule has 0 aliphatic rings. The van der Waals surface area contributed by atoms with Gasteiger partial charge in [-0.15, -0.1) is 0 Å². The van der Waals surface area contributed by atoms with Crippen LogP contribution >= 0.6 is 0 Å². The molecule has 0 radical (unpaired) electrons. The predicted molar refractivity (Wildman–Crippen MR) is 62.4 cm³/mol. The van der Waals surface area contributed by atoms with E-state index in [0.29, 0.717) is 6.54 Å². The fourth-order valence-corrected chi connectivity index (χ4v) is 1.56. The van der Waals surface area contributed by atoms with E-state index in [0.717, 1.165) is 23.2 Å². The van der Waals surface area contributed by atoms with Gasteiger partial charge in [0.15, 0.2) is 0 Å². The molecule has 0 amide bonds. The van der Waals surface area contributed by atoms with Gasteiger partial charge in [-0.3, -0.25) is 4.98 Å². The maximum atomic E-state index is 13.0. The molecule has 0 aliphatic heterocycles. The molecule has 0 aliphatic carbocycles. The molecule has 2 rings (SSSR count). The summed E-state index contributed by atoms with van der Waals surface area (Å²) in [6.45, 7) is 0.612. The van der Waals surface area contributed by atoms with E-state index in [-0.39, 0.29) is 5.82 Å². The molecule has 0 bridgehead atoms. The largest absolute Gasteiger partial charge is 0.330 e. The highest BCUT2D eigenvalue weighted by atomic mass is 19.1. The van der Waals surface area contributed by atoms with Crippen LogP contribution in [-0.2, 0) is 6.42 Å². The van der Waals surface area contributed by atoms with Crippen molar-refractivity contribution in [2.24, 2.45) is 5.73 Å². The number of aromatic nitrogens is 1. The summed E-state index contributed by atoms with van der Waals surface area (Å²) < 4.78 is 13.0. The van der Waals surface area contributed by atoms with Gasteiger partial charge >= 0.3 is 0 Å². The molecule has 16 heavy (non-hydrogen) atoms. The molecular formula is C13H13FN2. The fraction of sp³-hybridized carbons (Fsp3) is 0.154. The lowest BCUT2D eigenvalue weighted by Gasteiger charge is -2.02. The van der Waals surface area contributed by atoms with Gasteiger partial charge in [-0.05, 0) is 36.7 Å². The normalized spacial score (nSPS) is 10.4. The zero-order valence-corrected chi connectivity index (χ0v) is 8.86. The predicted octanol–water partition coefficient (Wildman–Crippen LogP) is 2.39. The van der Waals surface area contributed by atoms with E-state index < -0.39 is 0 Å². The van der Waals surface area contributed by atoms with Gasteiger partial charge in [-0.1, -0.05) is 18.2 Å². The third-order valence-electron chi connectivity index (χ3n) is 2.38. The van der Waals surface area contributed by atoms with E-state index >= 15 is 0 Å². The summed E-state index contributed by atoms with van der Waals surface area (Å²) in [5.41, 5.74) is 8.12. The molecule has 1 aromatic heterocycles. The third-order valence-corrected chi connectivity index (χ3v) is 2.38. The molecule has 0 spiro atoms. The first-order chi connectivity index (χ1) is 7.79. The monoisotopic (exact) mass is 216 g/mol. The second-order valence-electron chi connectivity index (χ2n) is 3.60. The lowest BCUT2D eigenvalue weighted by molar-refractivity contribution is 0.628. The van der Waals surface area contributed by atoms with E-state index in [9.17, 15) is 4.39 Å². The Balaban J connectivity index is 2.27. The molecular weight excluding hydrogens is 203 g/mol. The standard InChI is InChI=1S/C13H13FN2/c14-12-3-1-2-11(8-12)13-5-4-10(6-7-15)9-16-13/h1-5,8-9H,6-7,15H2. The Hall–Kier alpha value is -1.74. The topological polar surface area (TPSA) is 38.9 Å². The van der Waals surface area contributed by atoms with E-state index in [1.54, 1.807) is 12.3 Å². The number of benzene rings is 1. The van der Waals surface area contributed by atoms with Crippen molar-refractivity contribution < 1.29 is 4.39 Å². The highest BCUT2D eigenvalue weighted by Gasteiger charge is 2.00. The number of pyridine rings is 1. The van der Waals surface area contributed by atoms with Crippen LogP contribution in [0.15, 0.2) is 42.6 Å². The lowest BCUT2D eigenvalue weighted by atomic mass is 10.1. The molecule has 0 atom stereocenters. The zero-order valence-electron chi connectivity index (χ0n) is 8.86. The first kappa shape index (κ1) is 10.8. The van der Waals surface area contributed by atoms with E-state index in [1.807, 2.05) is 18.2 Å². The van der Waals surface area contributed by atoms with Crippen molar-refractivity contribution >= 4 is 0 Å². The Morgan fingerprint density at radius 2 is 2.06 bits per heavy atom. The van der Waals surface area contributed by atoms with Gasteiger partial charge < -0.3 is 5.73 Å². The van der Waals surface area contributed by atoms with Crippen molar-refractivity contribution in [3.63, 3.8) is 0 Å². The Kier molecular flexibility index (Phi) is 3.27. The first-order valence-corrected chi connectivity index (χ1v) is 5.20. The Morgan fingerprint density at radius 3 is 2.69 bits per heavy atom. The Bertz CT molecular complexity index is 466. The number of halogens is 1. The first-order valence-electron chi connectivity index (χ1n) is 5.20. The maximum absolute atomic E-state index is 13.0. The molecule has 0 fully saturated rings. The van der Waals surface area contributed by atoms with Crippen LogP contribution in [0.25, 0.3) is 11.3 Å². The van der Waals surface area contributed by atoms with E-state index in [4.69, 9.17) is 5.73 Å². The van der Waals surface area contributed by atoms with Crippen molar-refractivity contribution in [2.45, 2.75) is 6.42 Å². The van der Waals surface area contributed by atoms with Gasteiger partial charge in [0, 0.05) is 11.8 Å². The van der Waals surface area contributed by atoms with Crippen molar-refractivity contribution in [3.8, 4) is 11.3 Å². The Morgan fingerprint density at radius 1 is 1.19 bits per heavy atom. The van der Waals surface area contributed by atoms with Gasteiger partial charge in [-0.25, -0.2) is 4.39 Å². The summed E-state index contributed by atoms with van der Waals surface area (Å²) in [6, 6.07) is 10.3. The highest BCUT2D eigenvalue weighted by molar-refractivity contribution is 5.58. The molecule has 0 saturated heterocycles. The smallest absolute Gasteiger partial charge is 0.123 e. The molecule has 0 saturated carbocycles. The summed E-state index contributed by atoms with van der Waals surface area (Å²) in [4.78, 5) is 4.29. The van der Waals surface area contributed by atoms with Crippen LogP contribution in [0.3, 0.4) is 0 Å². The molecule has 1 aromatic carbocycles. The molecule has 0 unspecified atom stereocenters. The fourth-order valence-electron chi connectivity index (χ4n) is 1.56. The van der Waals surface area contributed by atoms with Gasteiger partial charge in [-0.2, -0.15) is 0 Å². The molecule has 2 nitrogen and oxygen atoms in total. The van der Waals surface area contributed by atoms with Crippen molar-refractivity contribution in [3.05, 3.63) is 54.0 Å². The van der Waals surface area contributed by atoms with Crippen LogP contribution in [0.1, 0.15) is 5.56 Å². The van der Waals surface area contributed by atoms with Crippen LogP contribution in [-0.4, -0.2) is 11.5 Å². The minimum Gasteiger partial charge on any atom is -0.330 e. The minimum absolute atomic E-state index is 0.245. The summed E-state index contributed by atoms with van der Waals surface area (Å²) in [5, 5.41) is 0. The third kappa shape index (κ3) is 2.44. The number of rotatable bonds is 3. The molecule has 2 N–H and O–H groups in total. The van der Waals surface area contributed by atoms with Crippen LogP contribution < -0.4 is 5.73 Å². The van der Waals surface area contributed by atoms with Gasteiger partial charge in [0.1, 0.15) is 5.82 Å². The average Bonchev–Trinajstić information content (AvgIpc) is 2.30. The number of hydrogen-bond donors (Lipinski definition) is 1. The minimum atomic E-state index is -0.245. The summed E-state index contributed by atoms with van der Waals surface area (Å²) in [5.74, 6) is -0.245. The van der Waals surface area contributed by atoms with Crippen molar-refractivity contribution in [1.29, 1.82) is 0 Å². The molecule has 3 heteroatoms. The maximum Gasteiger partial charge on any atom is 0.123 e. The highest BCUT2D eigenvalue weighted by Crippen LogP contribution is 2.17. The summed E-state index contributed by atoms with van der Waals surface area (Å²) in [6.07, 6.45) is 2.60. The molecule has 82 valence electrons. The van der Waals surface area contributed by atoms with E-state index in [1.165, 1.54) is 12.1 Å². The summed E-state index contributed by atoms with van der Waals surface area (Å²) >= 11 is 0. The Labute approximate surface area is 93.9 Å². The second kappa shape index (κ2) is 4.86. The van der Waals surface area contributed by atoms with Crippen LogP contribution in [0.2, 0.25) is 0 Å². The molecule has 1 heterocycles. The van der Waals surface area contributed by atoms with Crippen molar-refractivity contribution in [1.82, 2.24) is 4.98 Å². The SMILES string of the molecule is NCCc1ccc(-c2cccc(F)c2)nc1. The van der Waals surface area contributed by atoms with Gasteiger partial charge in [0.2, 0.25) is 0 Å². The van der Waals surface area contributed by atoms with Gasteiger partial charge in [0.05, 0.1) is 5.69 Å². The van der Waals surface area contributed by atoms with Crippen LogP contribution in [0.4, 0.5) is 4.39 Å². The lowest BCUT2D eigenvalue weighted by Crippen LogP contribution is -2.02. The number of nitrogens with two attached hydrogens (primary N) is 1. The zero-order chi connectivity index (χ0) is 11.4. The van der Waals surface area contributed by atoms with E-state index in [2.05, 4.69) is 4.98 Å². The second-order valence-corrected chi connectivity index (χ2v) is 3.60. The summed E-state index contributed by atoms with van der Waals surface area (Å²) in [7, 11) is 0. The number of hydrogen-bond acceptors (Lipinski definition) is 2. The average molecular weight is 216 g/mol. The van der Waals surface area contributed by atoms with Crippen LogP contribution in [0, 0.1) is 5.82 Å².